The number of ketones is 2. The summed E-state index contributed by atoms with van der Waals surface area (Å²) in [5.41, 5.74) is 0. The molecule has 0 aromatic heterocycles. The molecule has 0 saturated carbocycles. The molecule has 0 unspecified atom stereocenters. The number of carbonyl (C=O) groups excluding carboxylic acids is 4. The molecular formula is C10H14CaO6. The van der Waals surface area contributed by atoms with Crippen molar-refractivity contribution in [2.45, 2.75) is 27.7 Å². The van der Waals surface area contributed by atoms with E-state index in [-0.39, 0.29) is 37.7 Å². The van der Waals surface area contributed by atoms with Gasteiger partial charge in [-0.05, 0) is 0 Å². The SMILES string of the molecule is CC(C)C(=O)C(=O)[O-].CC(C)C(=O)C(=O)[O-].[Ca+2]. The molecule has 0 aromatic rings. The van der Waals surface area contributed by atoms with Crippen LogP contribution in [0, 0.1) is 11.8 Å². The summed E-state index contributed by atoms with van der Waals surface area (Å²) in [6.07, 6.45) is 0. The van der Waals surface area contributed by atoms with Crippen LogP contribution in [0.4, 0.5) is 0 Å². The van der Waals surface area contributed by atoms with Gasteiger partial charge in [0.2, 0.25) is 0 Å². The van der Waals surface area contributed by atoms with Crippen molar-refractivity contribution in [3.8, 4) is 0 Å². The first-order chi connectivity index (χ1) is 7.11. The number of hydrogen-bond acceptors (Lipinski definition) is 6. The van der Waals surface area contributed by atoms with E-state index >= 15 is 0 Å². The van der Waals surface area contributed by atoms with E-state index in [1.165, 1.54) is 27.7 Å². The van der Waals surface area contributed by atoms with E-state index in [0.717, 1.165) is 0 Å². The Morgan fingerprint density at radius 1 is 0.706 bits per heavy atom. The summed E-state index contributed by atoms with van der Waals surface area (Å²) in [6, 6.07) is 0. The number of carboxylic acid groups (broad SMARTS) is 2. The van der Waals surface area contributed by atoms with Gasteiger partial charge in [-0.1, -0.05) is 27.7 Å². The quantitative estimate of drug-likeness (QED) is 0.413. The second-order valence-corrected chi connectivity index (χ2v) is 3.61. The molecule has 7 heteroatoms. The Balaban J connectivity index is -0.000000218. The molecule has 0 heterocycles. The number of rotatable bonds is 4. The molecule has 0 amide bonds. The third-order valence-corrected chi connectivity index (χ3v) is 1.45. The Morgan fingerprint density at radius 3 is 0.882 bits per heavy atom. The molecule has 0 atom stereocenters. The summed E-state index contributed by atoms with van der Waals surface area (Å²) < 4.78 is 0. The maximum absolute atomic E-state index is 10.2. The topological polar surface area (TPSA) is 114 Å². The van der Waals surface area contributed by atoms with Crippen molar-refractivity contribution in [1.29, 1.82) is 0 Å². The molecule has 0 saturated heterocycles. The molecule has 0 aliphatic carbocycles. The summed E-state index contributed by atoms with van der Waals surface area (Å²) in [4.78, 5) is 39.7. The van der Waals surface area contributed by atoms with Crippen molar-refractivity contribution < 1.29 is 29.4 Å². The van der Waals surface area contributed by atoms with Crippen LogP contribution in [0.5, 0.6) is 0 Å². The molecule has 92 valence electrons. The summed E-state index contributed by atoms with van der Waals surface area (Å²) >= 11 is 0. The average Bonchev–Trinajstić information content (AvgIpc) is 2.15. The van der Waals surface area contributed by atoms with Gasteiger partial charge in [0, 0.05) is 11.8 Å². The van der Waals surface area contributed by atoms with Crippen LogP contribution in [0.3, 0.4) is 0 Å². The second kappa shape index (κ2) is 10.7. The van der Waals surface area contributed by atoms with Gasteiger partial charge in [0.1, 0.15) is 11.9 Å². The number of aliphatic carboxylic acids is 2. The predicted molar refractivity (Wildman–Crippen MR) is 55.5 cm³/mol. The third kappa shape index (κ3) is 11.8. The summed E-state index contributed by atoms with van der Waals surface area (Å²) in [7, 11) is 0. The molecule has 0 fully saturated rings. The Labute approximate surface area is 129 Å². The zero-order valence-corrected chi connectivity index (χ0v) is 12.5. The van der Waals surface area contributed by atoms with Gasteiger partial charge in [0.25, 0.3) is 0 Å². The average molecular weight is 270 g/mol. The Morgan fingerprint density at radius 2 is 0.882 bits per heavy atom. The van der Waals surface area contributed by atoms with Gasteiger partial charge < -0.3 is 19.8 Å². The van der Waals surface area contributed by atoms with Gasteiger partial charge in [0.05, 0.1) is 0 Å². The van der Waals surface area contributed by atoms with Crippen LogP contribution in [-0.2, 0) is 19.2 Å². The van der Waals surface area contributed by atoms with Crippen LogP contribution in [0.1, 0.15) is 27.7 Å². The zero-order chi connectivity index (χ0) is 13.5. The van der Waals surface area contributed by atoms with E-state index in [9.17, 15) is 29.4 Å². The van der Waals surface area contributed by atoms with Crippen molar-refractivity contribution >= 4 is 61.2 Å². The molecule has 0 aromatic carbocycles. The second-order valence-electron chi connectivity index (χ2n) is 3.61. The van der Waals surface area contributed by atoms with Gasteiger partial charge in [-0.2, -0.15) is 0 Å². The molecule has 0 rings (SSSR count). The predicted octanol–water partition coefficient (Wildman–Crippen LogP) is -2.46. The number of carboxylic acids is 2. The van der Waals surface area contributed by atoms with Crippen molar-refractivity contribution in [1.82, 2.24) is 0 Å². The molecule has 17 heavy (non-hydrogen) atoms. The van der Waals surface area contributed by atoms with E-state index in [0.29, 0.717) is 0 Å². The minimum Gasteiger partial charge on any atom is -0.542 e. The van der Waals surface area contributed by atoms with Gasteiger partial charge in [-0.25, -0.2) is 0 Å². The molecule has 0 N–H and O–H groups in total. The standard InChI is InChI=1S/2C5H8O3.Ca/c2*1-3(2)4(6)5(7)8;/h2*3H,1-2H3,(H,7,8);/q;;+2/p-2. The third-order valence-electron chi connectivity index (χ3n) is 1.45. The fraction of sp³-hybridized carbons (Fsp3) is 0.600. The van der Waals surface area contributed by atoms with Gasteiger partial charge >= 0.3 is 37.7 Å². The monoisotopic (exact) mass is 270 g/mol. The minimum absolute atomic E-state index is 0. The first-order valence-electron chi connectivity index (χ1n) is 4.61. The van der Waals surface area contributed by atoms with Crippen LogP contribution in [0.2, 0.25) is 0 Å². The maximum Gasteiger partial charge on any atom is 2.00 e. The van der Waals surface area contributed by atoms with Crippen molar-refractivity contribution in [3.63, 3.8) is 0 Å². The Hall–Kier alpha value is -0.460. The van der Waals surface area contributed by atoms with Crippen LogP contribution < -0.4 is 10.2 Å². The van der Waals surface area contributed by atoms with E-state index in [1.807, 2.05) is 0 Å². The molecule has 0 aliphatic rings. The largest absolute Gasteiger partial charge is 2.00 e. The van der Waals surface area contributed by atoms with Crippen LogP contribution in [0.25, 0.3) is 0 Å². The molecule has 0 radical (unpaired) electrons. The van der Waals surface area contributed by atoms with E-state index in [1.54, 1.807) is 0 Å². The van der Waals surface area contributed by atoms with E-state index in [4.69, 9.17) is 0 Å². The van der Waals surface area contributed by atoms with Crippen LogP contribution >= 0.6 is 0 Å². The molecule has 0 aliphatic heterocycles. The molecule has 6 nitrogen and oxygen atoms in total. The Bertz CT molecular complexity index is 265. The first kappa shape index (κ1) is 21.8. The van der Waals surface area contributed by atoms with Gasteiger partial charge in [-0.15, -0.1) is 0 Å². The first-order valence-corrected chi connectivity index (χ1v) is 4.61. The Kier molecular flexibility index (Phi) is 13.7. The molecule has 0 spiro atoms. The molecular weight excluding hydrogens is 256 g/mol. The number of hydrogen-bond donors (Lipinski definition) is 0. The van der Waals surface area contributed by atoms with Crippen molar-refractivity contribution in [2.24, 2.45) is 11.8 Å². The number of Topliss-reactive ketones (excluding diaryl/α,β-unsaturated/α-hetero) is 2. The maximum atomic E-state index is 10.2. The van der Waals surface area contributed by atoms with Crippen LogP contribution in [-0.4, -0.2) is 61.2 Å². The summed E-state index contributed by atoms with van der Waals surface area (Å²) in [5, 5.41) is 19.4. The van der Waals surface area contributed by atoms with Gasteiger partial charge in [-0.3, -0.25) is 9.59 Å². The van der Waals surface area contributed by atoms with E-state index in [2.05, 4.69) is 0 Å². The van der Waals surface area contributed by atoms with E-state index < -0.39 is 35.3 Å². The van der Waals surface area contributed by atoms with Crippen LogP contribution in [0.15, 0.2) is 0 Å². The normalized spacial score (nSPS) is 8.82. The smallest absolute Gasteiger partial charge is 0.542 e. The summed E-state index contributed by atoms with van der Waals surface area (Å²) in [6.45, 7) is 6.05. The fourth-order valence-electron chi connectivity index (χ4n) is 0.471. The van der Waals surface area contributed by atoms with Crippen molar-refractivity contribution in [3.05, 3.63) is 0 Å². The number of carbonyl (C=O) groups is 4. The van der Waals surface area contributed by atoms with Crippen molar-refractivity contribution in [2.75, 3.05) is 0 Å². The fourth-order valence-corrected chi connectivity index (χ4v) is 0.471. The zero-order valence-electron chi connectivity index (χ0n) is 10.3. The van der Waals surface area contributed by atoms with Gasteiger partial charge in [0.15, 0.2) is 11.6 Å². The molecule has 0 bridgehead atoms. The summed E-state index contributed by atoms with van der Waals surface area (Å²) in [5.74, 6) is -5.80. The minimum atomic E-state index is -1.60.